The molecule has 3 atom stereocenters. The number of aryl methyl sites for hydroxylation is 1. The number of carbonyl (C=O) groups is 1. The zero-order valence-electron chi connectivity index (χ0n) is 12.6. The van der Waals surface area contributed by atoms with Crippen molar-refractivity contribution in [2.45, 2.75) is 37.4 Å². The summed E-state index contributed by atoms with van der Waals surface area (Å²) in [4.78, 5) is 12.3. The van der Waals surface area contributed by atoms with E-state index in [0.29, 0.717) is 12.0 Å². The first-order valence-corrected chi connectivity index (χ1v) is 7.57. The van der Waals surface area contributed by atoms with E-state index >= 15 is 0 Å². The minimum absolute atomic E-state index is 0.0727. The van der Waals surface area contributed by atoms with Crippen molar-refractivity contribution in [1.82, 2.24) is 9.78 Å². The van der Waals surface area contributed by atoms with Crippen LogP contribution in [-0.2, 0) is 11.8 Å². The van der Waals surface area contributed by atoms with Gasteiger partial charge in [0, 0.05) is 31.3 Å². The minimum atomic E-state index is -0.418. The van der Waals surface area contributed by atoms with Gasteiger partial charge in [-0.2, -0.15) is 5.10 Å². The van der Waals surface area contributed by atoms with Crippen LogP contribution in [0.25, 0.3) is 0 Å². The van der Waals surface area contributed by atoms with Crippen molar-refractivity contribution in [3.05, 3.63) is 53.9 Å². The molecule has 1 fully saturated rings. The Kier molecular flexibility index (Phi) is 4.24. The van der Waals surface area contributed by atoms with Gasteiger partial charge in [-0.05, 0) is 31.0 Å². The summed E-state index contributed by atoms with van der Waals surface area (Å²) in [5, 5.41) is 14.1. The fraction of sp³-hybridized carbons (Fsp3) is 0.412. The van der Waals surface area contributed by atoms with Gasteiger partial charge in [0.25, 0.3) is 0 Å². The molecule has 0 saturated heterocycles. The van der Waals surface area contributed by atoms with Crippen molar-refractivity contribution in [2.24, 2.45) is 7.05 Å². The van der Waals surface area contributed by atoms with Crippen LogP contribution in [0.1, 0.15) is 41.2 Å². The Morgan fingerprint density at radius 1 is 1.27 bits per heavy atom. The second kappa shape index (κ2) is 6.32. The number of nitrogens with zero attached hydrogens (tertiary/aromatic N) is 2. The van der Waals surface area contributed by atoms with Crippen molar-refractivity contribution >= 4 is 5.97 Å². The first-order valence-electron chi connectivity index (χ1n) is 7.57. The summed E-state index contributed by atoms with van der Waals surface area (Å²) in [5.74, 6) is -0.268. The fourth-order valence-electron chi connectivity index (χ4n) is 3.10. The summed E-state index contributed by atoms with van der Waals surface area (Å²) in [6, 6.07) is 10.9. The van der Waals surface area contributed by atoms with Gasteiger partial charge in [-0.25, -0.2) is 4.79 Å². The number of esters is 1. The van der Waals surface area contributed by atoms with Crippen molar-refractivity contribution in [3.8, 4) is 0 Å². The maximum Gasteiger partial charge on any atom is 0.338 e. The second-order valence-electron chi connectivity index (χ2n) is 5.76. The molecule has 2 aromatic rings. The zero-order valence-corrected chi connectivity index (χ0v) is 12.6. The number of ether oxygens (including phenoxy) is 1. The number of benzene rings is 1. The zero-order chi connectivity index (χ0) is 15.5. The molecule has 1 aromatic carbocycles. The van der Waals surface area contributed by atoms with Gasteiger partial charge >= 0.3 is 5.97 Å². The van der Waals surface area contributed by atoms with E-state index in [1.54, 1.807) is 18.3 Å². The Morgan fingerprint density at radius 3 is 2.73 bits per heavy atom. The van der Waals surface area contributed by atoms with E-state index < -0.39 is 6.10 Å². The SMILES string of the molecule is Cn1nccc1C1CCC(O)CC1OC(=O)c1ccccc1. The third kappa shape index (κ3) is 3.04. The van der Waals surface area contributed by atoms with E-state index in [2.05, 4.69) is 5.10 Å². The molecule has 1 aromatic heterocycles. The second-order valence-corrected chi connectivity index (χ2v) is 5.76. The highest BCUT2D eigenvalue weighted by atomic mass is 16.5. The molecule has 1 aliphatic rings. The Balaban J connectivity index is 1.79. The van der Waals surface area contributed by atoms with E-state index in [1.165, 1.54) is 0 Å². The van der Waals surface area contributed by atoms with Crippen LogP contribution in [0.4, 0.5) is 0 Å². The molecule has 0 amide bonds. The first kappa shape index (κ1) is 14.8. The highest BCUT2D eigenvalue weighted by Crippen LogP contribution is 2.35. The molecule has 5 heteroatoms. The normalized spacial score (nSPS) is 24.9. The lowest BCUT2D eigenvalue weighted by molar-refractivity contribution is -0.0129. The molecule has 1 heterocycles. The molecule has 22 heavy (non-hydrogen) atoms. The lowest BCUT2D eigenvalue weighted by atomic mass is 9.82. The van der Waals surface area contributed by atoms with Crippen molar-refractivity contribution in [3.63, 3.8) is 0 Å². The Hall–Kier alpha value is -2.14. The van der Waals surface area contributed by atoms with E-state index in [1.807, 2.05) is 36.0 Å². The van der Waals surface area contributed by atoms with Crippen LogP contribution >= 0.6 is 0 Å². The molecule has 0 bridgehead atoms. The molecule has 5 nitrogen and oxygen atoms in total. The average molecular weight is 300 g/mol. The number of aliphatic hydroxyl groups is 1. The molecule has 0 aliphatic heterocycles. The summed E-state index contributed by atoms with van der Waals surface area (Å²) in [7, 11) is 1.89. The van der Waals surface area contributed by atoms with Gasteiger partial charge in [0.05, 0.1) is 11.7 Å². The monoisotopic (exact) mass is 300 g/mol. The molecule has 3 unspecified atom stereocenters. The van der Waals surface area contributed by atoms with E-state index in [-0.39, 0.29) is 18.0 Å². The predicted octanol–water partition coefficient (Wildman–Crippen LogP) is 2.27. The molecule has 1 saturated carbocycles. The number of aliphatic hydroxyl groups excluding tert-OH is 1. The van der Waals surface area contributed by atoms with Crippen LogP contribution in [0.2, 0.25) is 0 Å². The average Bonchev–Trinajstić information content (AvgIpc) is 2.94. The Morgan fingerprint density at radius 2 is 2.05 bits per heavy atom. The van der Waals surface area contributed by atoms with Crippen LogP contribution in [-0.4, -0.2) is 33.1 Å². The summed E-state index contributed by atoms with van der Waals surface area (Å²) < 4.78 is 7.51. The molecule has 116 valence electrons. The van der Waals surface area contributed by atoms with Crippen LogP contribution in [0.3, 0.4) is 0 Å². The topological polar surface area (TPSA) is 64.3 Å². The summed E-state index contributed by atoms with van der Waals surface area (Å²) >= 11 is 0. The molecular formula is C17H20N2O3. The van der Waals surface area contributed by atoms with Crippen LogP contribution in [0.15, 0.2) is 42.6 Å². The van der Waals surface area contributed by atoms with Gasteiger partial charge in [0.1, 0.15) is 6.10 Å². The van der Waals surface area contributed by atoms with Gasteiger partial charge in [-0.15, -0.1) is 0 Å². The standard InChI is InChI=1S/C17H20N2O3/c1-19-15(9-10-18-19)14-8-7-13(20)11-16(14)22-17(21)12-5-3-2-4-6-12/h2-6,9-10,13-14,16,20H,7-8,11H2,1H3. The van der Waals surface area contributed by atoms with Crippen LogP contribution in [0, 0.1) is 0 Å². The highest BCUT2D eigenvalue weighted by Gasteiger charge is 2.35. The predicted molar refractivity (Wildman–Crippen MR) is 81.5 cm³/mol. The summed E-state index contributed by atoms with van der Waals surface area (Å²) in [6.45, 7) is 0. The quantitative estimate of drug-likeness (QED) is 0.883. The minimum Gasteiger partial charge on any atom is -0.458 e. The number of hydrogen-bond acceptors (Lipinski definition) is 4. The highest BCUT2D eigenvalue weighted by molar-refractivity contribution is 5.89. The van der Waals surface area contributed by atoms with E-state index in [4.69, 9.17) is 4.74 Å². The molecule has 1 aliphatic carbocycles. The Labute approximate surface area is 129 Å². The van der Waals surface area contributed by atoms with Gasteiger partial charge < -0.3 is 9.84 Å². The summed E-state index contributed by atoms with van der Waals surface area (Å²) in [6.07, 6.45) is 2.97. The Bertz CT molecular complexity index is 638. The number of rotatable bonds is 3. The lowest BCUT2D eigenvalue weighted by Crippen LogP contribution is -2.35. The number of aromatic nitrogens is 2. The fourth-order valence-corrected chi connectivity index (χ4v) is 3.10. The van der Waals surface area contributed by atoms with Gasteiger partial charge in [0.15, 0.2) is 0 Å². The smallest absolute Gasteiger partial charge is 0.338 e. The van der Waals surface area contributed by atoms with Gasteiger partial charge in [-0.3, -0.25) is 4.68 Å². The number of hydrogen-bond donors (Lipinski definition) is 1. The van der Waals surface area contributed by atoms with E-state index in [9.17, 15) is 9.90 Å². The van der Waals surface area contributed by atoms with Gasteiger partial charge in [-0.1, -0.05) is 18.2 Å². The number of carbonyl (C=O) groups excluding carboxylic acids is 1. The van der Waals surface area contributed by atoms with Crippen LogP contribution in [0.5, 0.6) is 0 Å². The first-order chi connectivity index (χ1) is 10.6. The third-order valence-corrected chi connectivity index (χ3v) is 4.27. The molecule has 0 spiro atoms. The maximum atomic E-state index is 12.3. The van der Waals surface area contributed by atoms with Crippen molar-refractivity contribution < 1.29 is 14.6 Å². The molecule has 1 N–H and O–H groups in total. The maximum absolute atomic E-state index is 12.3. The summed E-state index contributed by atoms with van der Waals surface area (Å²) in [5.41, 5.74) is 1.57. The third-order valence-electron chi connectivity index (χ3n) is 4.27. The lowest BCUT2D eigenvalue weighted by Gasteiger charge is -2.33. The van der Waals surface area contributed by atoms with Gasteiger partial charge in [0.2, 0.25) is 0 Å². The van der Waals surface area contributed by atoms with Crippen molar-refractivity contribution in [2.75, 3.05) is 0 Å². The van der Waals surface area contributed by atoms with E-state index in [0.717, 1.165) is 18.5 Å². The molecular weight excluding hydrogens is 280 g/mol. The molecule has 3 rings (SSSR count). The largest absolute Gasteiger partial charge is 0.458 e. The van der Waals surface area contributed by atoms with Crippen LogP contribution < -0.4 is 0 Å². The van der Waals surface area contributed by atoms with Crippen molar-refractivity contribution in [1.29, 1.82) is 0 Å². The molecule has 0 radical (unpaired) electrons.